The van der Waals surface area contributed by atoms with Gasteiger partial charge in [-0.25, -0.2) is 0 Å². The fraction of sp³-hybridized carbons (Fsp3) is 0.963. The number of rotatable bonds is 6. The molecule has 2 saturated carbocycles. The highest BCUT2D eigenvalue weighted by atomic mass is 16.8. The quantitative estimate of drug-likeness (QED) is 0.155. The van der Waals surface area contributed by atoms with E-state index in [2.05, 4.69) is 0 Å². The largest absolute Gasteiger partial charge is 0.394 e. The summed E-state index contributed by atoms with van der Waals surface area (Å²) in [5.41, 5.74) is 0. The van der Waals surface area contributed by atoms with E-state index in [1.807, 2.05) is 0 Å². The van der Waals surface area contributed by atoms with E-state index in [0.29, 0.717) is 12.8 Å². The van der Waals surface area contributed by atoms with Crippen molar-refractivity contribution >= 4 is 5.78 Å². The summed E-state index contributed by atoms with van der Waals surface area (Å²) in [4.78, 5) is 13.1. The highest BCUT2D eigenvalue weighted by Crippen LogP contribution is 2.41. The monoisotopic (exact) mass is 592 g/mol. The third kappa shape index (κ3) is 6.50. The van der Waals surface area contributed by atoms with Crippen molar-refractivity contribution in [2.45, 2.75) is 144 Å². The van der Waals surface area contributed by atoms with Gasteiger partial charge in [0.2, 0.25) is 0 Å². The van der Waals surface area contributed by atoms with E-state index in [9.17, 15) is 45.6 Å². The van der Waals surface area contributed by atoms with Crippen molar-refractivity contribution in [3.63, 3.8) is 0 Å². The maximum Gasteiger partial charge on any atom is 0.187 e. The van der Waals surface area contributed by atoms with Gasteiger partial charge in [-0.05, 0) is 38.5 Å². The minimum absolute atomic E-state index is 0.0517. The SMILES string of the molecule is CC1O[C@@H](OC2[C@H](OC3CC(O)C4C(=O)CC(C5CCC(O)CC5)OC4C3)OC(CO)[C@@H](O)[C@H]2O)C(O)[C@@H](O)[C@H]1O. The maximum absolute atomic E-state index is 13.1. The summed E-state index contributed by atoms with van der Waals surface area (Å²) in [5, 5.41) is 82.5. The summed E-state index contributed by atoms with van der Waals surface area (Å²) in [6.45, 7) is 0.811. The Kier molecular flexibility index (Phi) is 10.0. The van der Waals surface area contributed by atoms with Gasteiger partial charge in [-0.2, -0.15) is 0 Å². The van der Waals surface area contributed by atoms with Gasteiger partial charge in [0, 0.05) is 19.3 Å². The Labute approximate surface area is 237 Å². The number of Topliss-reactive ketones (excluding diaryl/α,β-unsaturated/α-hetero) is 1. The normalized spacial score (nSPS) is 53.1. The molecule has 14 nitrogen and oxygen atoms in total. The number of aliphatic hydroxyl groups is 8. The van der Waals surface area contributed by atoms with E-state index in [1.54, 1.807) is 0 Å². The van der Waals surface area contributed by atoms with Gasteiger partial charge in [-0.3, -0.25) is 4.79 Å². The van der Waals surface area contributed by atoms with E-state index in [1.165, 1.54) is 6.92 Å². The van der Waals surface area contributed by atoms with Gasteiger partial charge in [0.05, 0.1) is 49.1 Å². The van der Waals surface area contributed by atoms with Crippen LogP contribution in [0.3, 0.4) is 0 Å². The van der Waals surface area contributed by atoms with Crippen molar-refractivity contribution in [1.82, 2.24) is 0 Å². The molecule has 0 radical (unpaired) electrons. The molecule has 9 unspecified atom stereocenters. The van der Waals surface area contributed by atoms with Gasteiger partial charge >= 0.3 is 0 Å². The number of ether oxygens (including phenoxy) is 5. The molecule has 41 heavy (non-hydrogen) atoms. The van der Waals surface area contributed by atoms with Crippen LogP contribution in [0.15, 0.2) is 0 Å². The van der Waals surface area contributed by atoms with Crippen molar-refractivity contribution in [2.24, 2.45) is 11.8 Å². The predicted molar refractivity (Wildman–Crippen MR) is 135 cm³/mol. The Balaban J connectivity index is 1.29. The number of aliphatic hydroxyl groups excluding tert-OH is 8. The first-order valence-electron chi connectivity index (χ1n) is 14.7. The molecular weight excluding hydrogens is 548 g/mol. The highest BCUT2D eigenvalue weighted by Gasteiger charge is 2.53. The molecule has 0 aromatic heterocycles. The first kappa shape index (κ1) is 31.6. The van der Waals surface area contributed by atoms with Crippen LogP contribution in [0.5, 0.6) is 0 Å². The van der Waals surface area contributed by atoms with Crippen molar-refractivity contribution < 1.29 is 69.3 Å². The zero-order valence-corrected chi connectivity index (χ0v) is 23.0. The third-order valence-corrected chi connectivity index (χ3v) is 9.46. The van der Waals surface area contributed by atoms with E-state index in [4.69, 9.17) is 23.7 Å². The summed E-state index contributed by atoms with van der Waals surface area (Å²) in [7, 11) is 0. The van der Waals surface area contributed by atoms with Crippen LogP contribution in [0.1, 0.15) is 51.9 Å². The molecule has 236 valence electrons. The Morgan fingerprint density at radius 1 is 0.756 bits per heavy atom. The minimum Gasteiger partial charge on any atom is -0.394 e. The summed E-state index contributed by atoms with van der Waals surface area (Å²) < 4.78 is 29.5. The molecule has 15 atom stereocenters. The molecule has 0 amide bonds. The minimum atomic E-state index is -1.70. The topological polar surface area (TPSA) is 225 Å². The van der Waals surface area contributed by atoms with Crippen molar-refractivity contribution in [3.8, 4) is 0 Å². The van der Waals surface area contributed by atoms with Crippen molar-refractivity contribution in [3.05, 3.63) is 0 Å². The molecule has 0 aromatic carbocycles. The first-order valence-corrected chi connectivity index (χ1v) is 14.7. The molecular formula is C27H44O14. The van der Waals surface area contributed by atoms with Gasteiger partial charge in [-0.1, -0.05) is 0 Å². The van der Waals surface area contributed by atoms with E-state index in [-0.39, 0.29) is 43.2 Å². The van der Waals surface area contributed by atoms with Gasteiger partial charge < -0.3 is 64.5 Å². The summed E-state index contributed by atoms with van der Waals surface area (Å²) >= 11 is 0. The summed E-state index contributed by atoms with van der Waals surface area (Å²) in [5.74, 6) is -0.658. The highest BCUT2D eigenvalue weighted by molar-refractivity contribution is 5.83. The molecule has 3 saturated heterocycles. The second-order valence-electron chi connectivity index (χ2n) is 12.3. The molecule has 8 N–H and O–H groups in total. The van der Waals surface area contributed by atoms with Crippen molar-refractivity contribution in [2.75, 3.05) is 6.61 Å². The average molecular weight is 593 g/mol. The molecule has 3 heterocycles. The van der Waals surface area contributed by atoms with Gasteiger partial charge in [0.25, 0.3) is 0 Å². The number of carbonyl (C=O) groups is 1. The van der Waals surface area contributed by atoms with E-state index in [0.717, 1.165) is 12.8 Å². The van der Waals surface area contributed by atoms with E-state index < -0.39 is 92.2 Å². The second kappa shape index (κ2) is 13.0. The van der Waals surface area contributed by atoms with Crippen LogP contribution in [0, 0.1) is 11.8 Å². The van der Waals surface area contributed by atoms with Gasteiger partial charge in [0.15, 0.2) is 12.6 Å². The Morgan fingerprint density at radius 2 is 1.46 bits per heavy atom. The predicted octanol–water partition coefficient (Wildman–Crippen LogP) is -2.93. The van der Waals surface area contributed by atoms with Crippen LogP contribution in [-0.2, 0) is 28.5 Å². The standard InChI is InChI=1S/C27H44O14/c1-10-20(32)22(34)24(36)26(37-10)41-25-23(35)21(33)18(9-28)40-27(25)38-13-6-14(30)19-15(31)8-16(39-17(19)7-13)11-2-4-12(29)5-3-11/h10-14,16-30,32-36H,2-9H2,1H3/t10?,11?,12?,13?,14?,16?,17?,18?,19?,20-,21+,22-,23+,24?,25?,26-,27+/m0/s1. The van der Waals surface area contributed by atoms with Crippen LogP contribution in [0.4, 0.5) is 0 Å². The molecule has 5 rings (SSSR count). The second-order valence-corrected chi connectivity index (χ2v) is 12.3. The molecule has 0 aromatic rings. The van der Waals surface area contributed by atoms with Gasteiger partial charge in [0.1, 0.15) is 48.5 Å². The third-order valence-electron chi connectivity index (χ3n) is 9.46. The number of hydrogen-bond acceptors (Lipinski definition) is 14. The molecule has 0 spiro atoms. The summed E-state index contributed by atoms with van der Waals surface area (Å²) in [6, 6.07) is 0. The zero-order chi connectivity index (χ0) is 29.6. The number of hydrogen-bond donors (Lipinski definition) is 8. The average Bonchev–Trinajstić information content (AvgIpc) is 2.94. The van der Waals surface area contributed by atoms with Crippen LogP contribution in [-0.4, -0.2) is 145 Å². The molecule has 5 fully saturated rings. The molecule has 5 aliphatic rings. The lowest BCUT2D eigenvalue weighted by Crippen LogP contribution is -2.64. The van der Waals surface area contributed by atoms with Crippen LogP contribution < -0.4 is 0 Å². The molecule has 3 aliphatic heterocycles. The maximum atomic E-state index is 13.1. The zero-order valence-electron chi connectivity index (χ0n) is 23.0. The van der Waals surface area contributed by atoms with Gasteiger partial charge in [-0.15, -0.1) is 0 Å². The fourth-order valence-electron chi connectivity index (χ4n) is 6.98. The Hall–Kier alpha value is -0.850. The van der Waals surface area contributed by atoms with Crippen LogP contribution in [0.25, 0.3) is 0 Å². The number of ketones is 1. The Bertz CT molecular complexity index is 884. The number of fused-ring (bicyclic) bond motifs is 1. The molecule has 14 heteroatoms. The number of carbonyl (C=O) groups excluding carboxylic acids is 1. The summed E-state index contributed by atoms with van der Waals surface area (Å²) in [6.07, 6.45) is -14.3. The van der Waals surface area contributed by atoms with E-state index >= 15 is 0 Å². The van der Waals surface area contributed by atoms with Crippen LogP contribution >= 0.6 is 0 Å². The lowest BCUT2D eigenvalue weighted by molar-refractivity contribution is -0.371. The molecule has 0 bridgehead atoms. The van der Waals surface area contributed by atoms with Crippen LogP contribution in [0.2, 0.25) is 0 Å². The lowest BCUT2D eigenvalue weighted by Gasteiger charge is -2.48. The van der Waals surface area contributed by atoms with Crippen molar-refractivity contribution in [1.29, 1.82) is 0 Å². The molecule has 2 aliphatic carbocycles. The first-order chi connectivity index (χ1) is 19.5. The lowest BCUT2D eigenvalue weighted by atomic mass is 9.73. The fourth-order valence-corrected chi connectivity index (χ4v) is 6.98. The smallest absolute Gasteiger partial charge is 0.187 e. The Morgan fingerprint density at radius 3 is 2.15 bits per heavy atom.